The van der Waals surface area contributed by atoms with E-state index in [2.05, 4.69) is 26.5 Å². The lowest BCUT2D eigenvalue weighted by atomic mass is 10.4. The average Bonchev–Trinajstić information content (AvgIpc) is 3.12. The Morgan fingerprint density at radius 1 is 1.48 bits per heavy atom. The maximum atomic E-state index is 12.1. The second-order valence-corrected chi connectivity index (χ2v) is 7.05. The van der Waals surface area contributed by atoms with E-state index in [4.69, 9.17) is 5.73 Å². The summed E-state index contributed by atoms with van der Waals surface area (Å²) in [6.07, 6.45) is 1.98. The van der Waals surface area contributed by atoms with Gasteiger partial charge in [0, 0.05) is 17.8 Å². The van der Waals surface area contributed by atoms with Gasteiger partial charge < -0.3 is 10.7 Å². The molecular formula is C13H16N4O2S2. The van der Waals surface area contributed by atoms with Crippen molar-refractivity contribution in [2.24, 2.45) is 5.73 Å². The van der Waals surface area contributed by atoms with Gasteiger partial charge in [-0.3, -0.25) is 0 Å². The van der Waals surface area contributed by atoms with Crippen molar-refractivity contribution in [2.45, 2.75) is 24.9 Å². The Morgan fingerprint density at radius 3 is 2.95 bits per heavy atom. The molecule has 0 atom stereocenters. The summed E-state index contributed by atoms with van der Waals surface area (Å²) in [5.41, 5.74) is 5.31. The lowest BCUT2D eigenvalue weighted by Crippen LogP contribution is -2.23. The fourth-order valence-corrected chi connectivity index (χ4v) is 3.44. The largest absolute Gasteiger partial charge is 0.332 e. The summed E-state index contributed by atoms with van der Waals surface area (Å²) in [4.78, 5) is 8.52. The molecule has 6 nitrogen and oxygen atoms in total. The Kier molecular flexibility index (Phi) is 5.14. The average molecular weight is 324 g/mol. The van der Waals surface area contributed by atoms with Gasteiger partial charge in [0.2, 0.25) is 0 Å². The van der Waals surface area contributed by atoms with Gasteiger partial charge in [-0.25, -0.2) is 18.1 Å². The topological polar surface area (TPSA) is 101 Å². The van der Waals surface area contributed by atoms with Crippen molar-refractivity contribution in [3.63, 3.8) is 0 Å². The smallest absolute Gasteiger partial charge is 0.257 e. The number of aromatic nitrogens is 2. The maximum Gasteiger partial charge on any atom is 0.257 e. The van der Waals surface area contributed by atoms with E-state index in [1.165, 1.54) is 17.5 Å². The van der Waals surface area contributed by atoms with Crippen molar-refractivity contribution >= 4 is 21.4 Å². The van der Waals surface area contributed by atoms with Crippen LogP contribution in [-0.4, -0.2) is 24.9 Å². The molecule has 0 spiro atoms. The van der Waals surface area contributed by atoms with Gasteiger partial charge >= 0.3 is 0 Å². The summed E-state index contributed by atoms with van der Waals surface area (Å²) in [5, 5.41) is 0.0825. The Bertz CT molecular complexity index is 765. The molecule has 0 saturated heterocycles. The first-order valence-electron chi connectivity index (χ1n) is 6.36. The van der Waals surface area contributed by atoms with E-state index in [0.717, 1.165) is 9.75 Å². The molecule has 0 amide bonds. The summed E-state index contributed by atoms with van der Waals surface area (Å²) in [7, 11) is -3.57. The van der Waals surface area contributed by atoms with E-state index in [1.54, 1.807) is 0 Å². The zero-order valence-electron chi connectivity index (χ0n) is 11.5. The second-order valence-electron chi connectivity index (χ2n) is 4.14. The Labute approximate surface area is 127 Å². The molecule has 0 bridgehead atoms. The first-order valence-corrected chi connectivity index (χ1v) is 8.66. The van der Waals surface area contributed by atoms with Crippen LogP contribution in [0.25, 0.3) is 0 Å². The fraction of sp³-hybridized carbons (Fsp3) is 0.308. The first kappa shape index (κ1) is 15.7. The van der Waals surface area contributed by atoms with E-state index < -0.39 is 10.0 Å². The zero-order chi connectivity index (χ0) is 15.3. The molecule has 112 valence electrons. The van der Waals surface area contributed by atoms with Gasteiger partial charge in [0.05, 0.1) is 17.6 Å². The molecule has 2 heterocycles. The predicted molar refractivity (Wildman–Crippen MR) is 82.2 cm³/mol. The minimum absolute atomic E-state index is 0.0825. The molecule has 2 rings (SSSR count). The van der Waals surface area contributed by atoms with Crippen LogP contribution in [0.2, 0.25) is 0 Å². The number of aryl methyl sites for hydroxylation is 1. The van der Waals surface area contributed by atoms with Crippen molar-refractivity contribution in [1.82, 2.24) is 14.7 Å². The van der Waals surface area contributed by atoms with Crippen molar-refractivity contribution in [3.05, 3.63) is 33.9 Å². The van der Waals surface area contributed by atoms with Crippen molar-refractivity contribution in [3.8, 4) is 11.8 Å². The Morgan fingerprint density at radius 2 is 2.29 bits per heavy atom. The molecule has 2 aromatic rings. The monoisotopic (exact) mass is 324 g/mol. The normalized spacial score (nSPS) is 11.1. The van der Waals surface area contributed by atoms with Gasteiger partial charge in [-0.1, -0.05) is 18.8 Å². The molecule has 0 aliphatic rings. The predicted octanol–water partition coefficient (Wildman–Crippen LogP) is 0.822. The van der Waals surface area contributed by atoms with Gasteiger partial charge in [-0.15, -0.1) is 11.3 Å². The standard InChI is InChI=1S/C13H16N4O2S2/c1-2-12-15-9-13(17-12)21(18,19)16-8-11-6-5-10(20-11)4-3-7-14/h5-6,9,16H,2,7-8,14H2,1H3,(H,15,17). The quantitative estimate of drug-likeness (QED) is 0.709. The van der Waals surface area contributed by atoms with Gasteiger partial charge in [-0.2, -0.15) is 0 Å². The molecule has 21 heavy (non-hydrogen) atoms. The van der Waals surface area contributed by atoms with Crippen LogP contribution in [-0.2, 0) is 23.0 Å². The summed E-state index contributed by atoms with van der Waals surface area (Å²) in [6, 6.07) is 3.69. The van der Waals surface area contributed by atoms with E-state index >= 15 is 0 Å². The number of aromatic amines is 1. The summed E-state index contributed by atoms with van der Waals surface area (Å²) >= 11 is 1.44. The number of nitrogens with one attached hydrogen (secondary N) is 2. The lowest BCUT2D eigenvalue weighted by molar-refractivity contribution is 0.578. The van der Waals surface area contributed by atoms with E-state index in [-0.39, 0.29) is 11.6 Å². The highest BCUT2D eigenvalue weighted by atomic mass is 32.2. The maximum absolute atomic E-state index is 12.1. The zero-order valence-corrected chi connectivity index (χ0v) is 13.1. The molecule has 0 fully saturated rings. The SMILES string of the molecule is CCc1ncc(S(=O)(=O)NCc2ccc(C#CCN)s2)[nH]1. The van der Waals surface area contributed by atoms with Crippen LogP contribution in [0.15, 0.2) is 23.4 Å². The van der Waals surface area contributed by atoms with E-state index in [9.17, 15) is 8.42 Å². The molecule has 4 N–H and O–H groups in total. The molecule has 0 saturated carbocycles. The van der Waals surface area contributed by atoms with Gasteiger partial charge in [0.25, 0.3) is 10.0 Å². The highest BCUT2D eigenvalue weighted by molar-refractivity contribution is 7.89. The number of H-pyrrole nitrogens is 1. The van der Waals surface area contributed by atoms with Crippen LogP contribution in [0.1, 0.15) is 22.5 Å². The number of hydrogen-bond acceptors (Lipinski definition) is 5. The number of hydrogen-bond donors (Lipinski definition) is 3. The van der Waals surface area contributed by atoms with Crippen LogP contribution in [0.4, 0.5) is 0 Å². The molecule has 0 aromatic carbocycles. The van der Waals surface area contributed by atoms with Gasteiger partial charge in [-0.05, 0) is 12.1 Å². The number of imidazole rings is 1. The van der Waals surface area contributed by atoms with Crippen molar-refractivity contribution < 1.29 is 8.42 Å². The number of nitrogens with two attached hydrogens (primary N) is 1. The summed E-state index contributed by atoms with van der Waals surface area (Å²) < 4.78 is 26.7. The molecule has 8 heteroatoms. The molecular weight excluding hydrogens is 308 g/mol. The van der Waals surface area contributed by atoms with E-state index in [1.807, 2.05) is 19.1 Å². The third-order valence-corrected chi connectivity index (χ3v) is 4.95. The highest BCUT2D eigenvalue weighted by Gasteiger charge is 2.16. The molecule has 0 aliphatic heterocycles. The summed E-state index contributed by atoms with van der Waals surface area (Å²) in [6.45, 7) is 2.43. The first-order chi connectivity index (χ1) is 10.0. The fourth-order valence-electron chi connectivity index (χ4n) is 1.58. The number of rotatable bonds is 5. The van der Waals surface area contributed by atoms with E-state index in [0.29, 0.717) is 18.8 Å². The third-order valence-electron chi connectivity index (χ3n) is 2.64. The molecule has 0 radical (unpaired) electrons. The van der Waals surface area contributed by atoms with Crippen molar-refractivity contribution in [2.75, 3.05) is 6.54 Å². The van der Waals surface area contributed by atoms with Crippen LogP contribution < -0.4 is 10.5 Å². The number of nitrogens with zero attached hydrogens (tertiary/aromatic N) is 1. The van der Waals surface area contributed by atoms with Crippen LogP contribution >= 0.6 is 11.3 Å². The number of sulfonamides is 1. The Balaban J connectivity index is 2.03. The van der Waals surface area contributed by atoms with Crippen molar-refractivity contribution in [1.29, 1.82) is 0 Å². The minimum Gasteiger partial charge on any atom is -0.332 e. The highest BCUT2D eigenvalue weighted by Crippen LogP contribution is 2.16. The third kappa shape index (κ3) is 4.15. The van der Waals surface area contributed by atoms with Crippen LogP contribution in [0.5, 0.6) is 0 Å². The minimum atomic E-state index is -3.57. The van der Waals surface area contributed by atoms with Crippen LogP contribution in [0.3, 0.4) is 0 Å². The summed E-state index contributed by atoms with van der Waals surface area (Å²) in [5.74, 6) is 6.32. The van der Waals surface area contributed by atoms with Crippen LogP contribution in [0, 0.1) is 11.8 Å². The lowest BCUT2D eigenvalue weighted by Gasteiger charge is -2.02. The second kappa shape index (κ2) is 6.87. The molecule has 0 unspecified atom stereocenters. The number of thiophene rings is 1. The Hall–Kier alpha value is -1.66. The molecule has 2 aromatic heterocycles. The molecule has 0 aliphatic carbocycles. The van der Waals surface area contributed by atoms with Gasteiger partial charge in [0.1, 0.15) is 5.82 Å². The van der Waals surface area contributed by atoms with Gasteiger partial charge in [0.15, 0.2) is 5.03 Å².